The molecule has 0 N–H and O–H groups in total. The van der Waals surface area contributed by atoms with E-state index in [4.69, 9.17) is 9.73 Å². The maximum absolute atomic E-state index is 12.5. The Morgan fingerprint density at radius 3 is 2.78 bits per heavy atom. The van der Waals surface area contributed by atoms with Gasteiger partial charge >= 0.3 is 0 Å². The van der Waals surface area contributed by atoms with Gasteiger partial charge in [-0.15, -0.1) is 0 Å². The number of amides is 2. The summed E-state index contributed by atoms with van der Waals surface area (Å²) < 4.78 is 5.94. The molecule has 174 valence electrons. The van der Waals surface area contributed by atoms with Gasteiger partial charge in [0, 0.05) is 38.2 Å². The molecule has 2 fully saturated rings. The monoisotopic (exact) mass is 440 g/mol. The molecule has 0 unspecified atom stereocenters. The van der Waals surface area contributed by atoms with E-state index in [0.717, 1.165) is 55.2 Å². The Kier molecular flexibility index (Phi) is 7.33. The molecule has 0 spiro atoms. The van der Waals surface area contributed by atoms with Gasteiger partial charge in [-0.2, -0.15) is 0 Å². The molecule has 1 aromatic rings. The quantitative estimate of drug-likeness (QED) is 0.543. The van der Waals surface area contributed by atoms with Gasteiger partial charge in [0.05, 0.1) is 12.3 Å². The Bertz CT molecular complexity index is 863. The predicted octanol–water partition coefficient (Wildman–Crippen LogP) is 4.08. The summed E-state index contributed by atoms with van der Waals surface area (Å²) in [4.78, 5) is 35.5. The molecule has 1 aromatic carbocycles. The van der Waals surface area contributed by atoms with E-state index in [0.29, 0.717) is 38.6 Å². The highest BCUT2D eigenvalue weighted by molar-refractivity contribution is 6.05. The Morgan fingerprint density at radius 1 is 1.19 bits per heavy atom. The molecule has 7 heteroatoms. The van der Waals surface area contributed by atoms with Gasteiger partial charge in [-0.25, -0.2) is 4.99 Å². The van der Waals surface area contributed by atoms with Gasteiger partial charge in [-0.1, -0.05) is 32.6 Å². The van der Waals surface area contributed by atoms with Crippen LogP contribution in [-0.2, 0) is 16.1 Å². The van der Waals surface area contributed by atoms with Crippen LogP contribution >= 0.6 is 0 Å². The molecule has 1 aliphatic carbocycles. The minimum Gasteiger partial charge on any atom is -0.494 e. The number of guanidine groups is 1. The molecule has 1 saturated carbocycles. The highest BCUT2D eigenvalue weighted by Gasteiger charge is 2.36. The average molecular weight is 441 g/mol. The van der Waals surface area contributed by atoms with Crippen LogP contribution in [0.4, 0.5) is 5.69 Å². The van der Waals surface area contributed by atoms with Crippen LogP contribution in [0.2, 0.25) is 0 Å². The number of carbonyl (C=O) groups excluding carboxylic acids is 2. The predicted molar refractivity (Wildman–Crippen MR) is 125 cm³/mol. The molecule has 2 heterocycles. The highest BCUT2D eigenvalue weighted by atomic mass is 16.5. The Balaban J connectivity index is 1.28. The molecule has 4 rings (SSSR count). The maximum atomic E-state index is 12.5. The average Bonchev–Trinajstić information content (AvgIpc) is 3.12. The van der Waals surface area contributed by atoms with Crippen molar-refractivity contribution in [2.24, 2.45) is 4.99 Å². The third-order valence-corrected chi connectivity index (χ3v) is 6.84. The summed E-state index contributed by atoms with van der Waals surface area (Å²) in [5, 5.41) is 0. The Hall–Kier alpha value is -2.57. The summed E-state index contributed by atoms with van der Waals surface area (Å²) in [6.07, 6.45) is 9.31. The van der Waals surface area contributed by atoms with Crippen LogP contribution < -0.4 is 4.74 Å². The van der Waals surface area contributed by atoms with Crippen molar-refractivity contribution in [1.82, 2.24) is 14.7 Å². The van der Waals surface area contributed by atoms with E-state index < -0.39 is 0 Å². The second kappa shape index (κ2) is 10.4. The zero-order chi connectivity index (χ0) is 22.5. The number of fused-ring (bicyclic) bond motifs is 2. The molecule has 0 radical (unpaired) electrons. The van der Waals surface area contributed by atoms with Gasteiger partial charge < -0.3 is 14.5 Å². The lowest BCUT2D eigenvalue weighted by Crippen LogP contribution is -2.38. The van der Waals surface area contributed by atoms with Crippen molar-refractivity contribution < 1.29 is 14.3 Å². The summed E-state index contributed by atoms with van der Waals surface area (Å²) in [6.45, 7) is 4.44. The first-order chi connectivity index (χ1) is 15.6. The van der Waals surface area contributed by atoms with E-state index in [1.807, 2.05) is 39.9 Å². The lowest BCUT2D eigenvalue weighted by molar-refractivity contribution is -0.132. The number of nitrogens with zero attached hydrogens (tertiary/aromatic N) is 4. The SMILES string of the molecule is CCCCN1C(=O)CN2Cc3cc(OCCCC(=O)N(C)C4CCCCC4)ccc3N=C21. The molecule has 32 heavy (non-hydrogen) atoms. The van der Waals surface area contributed by atoms with Crippen LogP contribution in [0.3, 0.4) is 0 Å². The number of rotatable bonds is 9. The van der Waals surface area contributed by atoms with E-state index in [1.165, 1.54) is 19.3 Å². The van der Waals surface area contributed by atoms with E-state index in [1.54, 1.807) is 0 Å². The van der Waals surface area contributed by atoms with Gasteiger partial charge in [0.2, 0.25) is 17.8 Å². The van der Waals surface area contributed by atoms with Crippen molar-refractivity contribution >= 4 is 23.5 Å². The van der Waals surface area contributed by atoms with E-state index >= 15 is 0 Å². The van der Waals surface area contributed by atoms with Crippen LogP contribution in [0.5, 0.6) is 5.75 Å². The summed E-state index contributed by atoms with van der Waals surface area (Å²) in [5.74, 6) is 1.93. The van der Waals surface area contributed by atoms with Crippen LogP contribution in [0, 0.1) is 0 Å². The summed E-state index contributed by atoms with van der Waals surface area (Å²) in [5.41, 5.74) is 1.98. The summed E-state index contributed by atoms with van der Waals surface area (Å²) >= 11 is 0. The number of unbranched alkanes of at least 4 members (excludes halogenated alkanes) is 1. The highest BCUT2D eigenvalue weighted by Crippen LogP contribution is 2.32. The molecule has 2 amide bonds. The van der Waals surface area contributed by atoms with Crippen molar-refractivity contribution in [3.63, 3.8) is 0 Å². The minimum atomic E-state index is 0.129. The second-order valence-corrected chi connectivity index (χ2v) is 9.21. The zero-order valence-electron chi connectivity index (χ0n) is 19.5. The first-order valence-corrected chi connectivity index (χ1v) is 12.2. The smallest absolute Gasteiger partial charge is 0.248 e. The van der Waals surface area contributed by atoms with Gasteiger partial charge in [0.15, 0.2) is 0 Å². The third kappa shape index (κ3) is 5.08. The third-order valence-electron chi connectivity index (χ3n) is 6.84. The van der Waals surface area contributed by atoms with Crippen LogP contribution in [0.25, 0.3) is 0 Å². The zero-order valence-corrected chi connectivity index (χ0v) is 19.5. The Labute approximate surface area is 191 Å². The fraction of sp³-hybridized carbons (Fsp3) is 0.640. The van der Waals surface area contributed by atoms with E-state index in [-0.39, 0.29) is 11.8 Å². The minimum absolute atomic E-state index is 0.129. The number of benzene rings is 1. The number of hydrogen-bond acceptors (Lipinski definition) is 5. The molecule has 0 aromatic heterocycles. The summed E-state index contributed by atoms with van der Waals surface area (Å²) in [6, 6.07) is 6.34. The largest absolute Gasteiger partial charge is 0.494 e. The number of ether oxygens (including phenoxy) is 1. The molecular weight excluding hydrogens is 404 g/mol. The number of hydrogen-bond donors (Lipinski definition) is 0. The van der Waals surface area contributed by atoms with Gasteiger partial charge in [-0.05, 0) is 43.9 Å². The molecule has 2 aliphatic heterocycles. The van der Waals surface area contributed by atoms with Gasteiger partial charge in [-0.3, -0.25) is 14.5 Å². The molecular formula is C25H36N4O3. The van der Waals surface area contributed by atoms with Crippen molar-refractivity contribution in [3.05, 3.63) is 23.8 Å². The van der Waals surface area contributed by atoms with Crippen molar-refractivity contribution in [2.45, 2.75) is 77.3 Å². The lowest BCUT2D eigenvalue weighted by Gasteiger charge is -2.31. The maximum Gasteiger partial charge on any atom is 0.248 e. The molecule has 0 bridgehead atoms. The lowest BCUT2D eigenvalue weighted by atomic mass is 9.94. The summed E-state index contributed by atoms with van der Waals surface area (Å²) in [7, 11) is 1.95. The van der Waals surface area contributed by atoms with E-state index in [9.17, 15) is 9.59 Å². The molecule has 7 nitrogen and oxygen atoms in total. The number of aliphatic imine (C=N–C) groups is 1. The fourth-order valence-electron chi connectivity index (χ4n) is 4.86. The fourth-order valence-corrected chi connectivity index (χ4v) is 4.86. The number of carbonyl (C=O) groups is 2. The van der Waals surface area contributed by atoms with Crippen molar-refractivity contribution in [2.75, 3.05) is 26.7 Å². The van der Waals surface area contributed by atoms with Crippen LogP contribution in [0.1, 0.15) is 70.3 Å². The molecule has 0 atom stereocenters. The van der Waals surface area contributed by atoms with Gasteiger partial charge in [0.25, 0.3) is 0 Å². The molecule has 1 saturated heterocycles. The van der Waals surface area contributed by atoms with Crippen molar-refractivity contribution in [3.8, 4) is 5.75 Å². The first-order valence-electron chi connectivity index (χ1n) is 12.2. The first kappa shape index (κ1) is 22.6. The molecule has 3 aliphatic rings. The topological polar surface area (TPSA) is 65.5 Å². The van der Waals surface area contributed by atoms with Crippen LogP contribution in [-0.4, -0.2) is 65.3 Å². The van der Waals surface area contributed by atoms with Crippen LogP contribution in [0.15, 0.2) is 23.2 Å². The van der Waals surface area contributed by atoms with Gasteiger partial charge in [0.1, 0.15) is 12.3 Å². The second-order valence-electron chi connectivity index (χ2n) is 9.21. The van der Waals surface area contributed by atoms with Crippen molar-refractivity contribution in [1.29, 1.82) is 0 Å². The standard InChI is InChI=1S/C25H36N4O3/c1-3-4-14-29-24(31)18-28-17-19-16-21(12-13-22(19)26-25(28)29)32-15-8-11-23(30)27(2)20-9-6-5-7-10-20/h12-13,16,20H,3-11,14-15,17-18H2,1-2H3. The normalized spacial score (nSPS) is 18.3. The van der Waals surface area contributed by atoms with E-state index in [2.05, 4.69) is 6.92 Å². The Morgan fingerprint density at radius 2 is 2.00 bits per heavy atom.